The van der Waals surface area contributed by atoms with Crippen molar-refractivity contribution in [1.82, 2.24) is 4.90 Å². The molecule has 0 aliphatic heterocycles. The smallest absolute Gasteiger partial charge is 0.336 e. The van der Waals surface area contributed by atoms with E-state index in [-0.39, 0.29) is 13.0 Å². The number of halogens is 2. The summed E-state index contributed by atoms with van der Waals surface area (Å²) in [6, 6.07) is 2.83. The predicted molar refractivity (Wildman–Crippen MR) is 60.5 cm³/mol. The lowest BCUT2D eigenvalue weighted by atomic mass is 10.1. The molecule has 0 radical (unpaired) electrons. The molecule has 1 amide bonds. The van der Waals surface area contributed by atoms with Crippen molar-refractivity contribution < 1.29 is 23.5 Å². The largest absolute Gasteiger partial charge is 0.478 e. The minimum atomic E-state index is -1.53. The number of carbonyl (C=O) groups excluding carboxylic acids is 1. The molecule has 19 heavy (non-hydrogen) atoms. The molecule has 0 saturated heterocycles. The highest BCUT2D eigenvalue weighted by atomic mass is 19.2. The Morgan fingerprint density at radius 1 is 1.32 bits per heavy atom. The third-order valence-corrected chi connectivity index (χ3v) is 2.43. The summed E-state index contributed by atoms with van der Waals surface area (Å²) < 4.78 is 26.1. The van der Waals surface area contributed by atoms with Gasteiger partial charge in [0.2, 0.25) is 0 Å². The van der Waals surface area contributed by atoms with E-state index in [4.69, 9.17) is 10.4 Å². The van der Waals surface area contributed by atoms with Gasteiger partial charge in [-0.1, -0.05) is 0 Å². The molecule has 100 valence electrons. The van der Waals surface area contributed by atoms with Crippen LogP contribution in [0.4, 0.5) is 8.78 Å². The lowest BCUT2D eigenvalue weighted by Gasteiger charge is -2.16. The number of nitriles is 1. The van der Waals surface area contributed by atoms with Gasteiger partial charge in [-0.25, -0.2) is 13.6 Å². The molecule has 0 aliphatic carbocycles. The average Bonchev–Trinajstić information content (AvgIpc) is 2.37. The molecular formula is C12H10F2N2O3. The van der Waals surface area contributed by atoms with Gasteiger partial charge in [-0.2, -0.15) is 5.26 Å². The molecule has 0 fully saturated rings. The molecule has 0 atom stereocenters. The molecule has 1 aromatic rings. The van der Waals surface area contributed by atoms with Gasteiger partial charge < -0.3 is 10.0 Å². The standard InChI is InChI=1S/C12H10F2N2O3/c1-16(4-2-3-15)11(17)7-5-9(13)10(14)6-8(7)12(18)19/h5-6H,2,4H2,1H3,(H,18,19). The van der Waals surface area contributed by atoms with Gasteiger partial charge >= 0.3 is 5.97 Å². The van der Waals surface area contributed by atoms with Crippen molar-refractivity contribution in [2.24, 2.45) is 0 Å². The lowest BCUT2D eigenvalue weighted by Crippen LogP contribution is -2.29. The molecule has 1 rings (SSSR count). The lowest BCUT2D eigenvalue weighted by molar-refractivity contribution is 0.0681. The molecule has 1 aromatic carbocycles. The predicted octanol–water partition coefficient (Wildman–Crippen LogP) is 1.65. The van der Waals surface area contributed by atoms with Crippen molar-refractivity contribution in [1.29, 1.82) is 5.26 Å². The van der Waals surface area contributed by atoms with Crippen LogP contribution < -0.4 is 0 Å². The molecule has 0 spiro atoms. The summed E-state index contributed by atoms with van der Waals surface area (Å²) >= 11 is 0. The van der Waals surface area contributed by atoms with E-state index in [9.17, 15) is 18.4 Å². The van der Waals surface area contributed by atoms with Crippen LogP contribution in [0.3, 0.4) is 0 Å². The Bertz CT molecular complexity index is 567. The van der Waals surface area contributed by atoms with Gasteiger partial charge in [-0.05, 0) is 12.1 Å². The maximum Gasteiger partial charge on any atom is 0.336 e. The van der Waals surface area contributed by atoms with Crippen LogP contribution in [0.5, 0.6) is 0 Å². The molecular weight excluding hydrogens is 258 g/mol. The molecule has 0 aliphatic rings. The zero-order chi connectivity index (χ0) is 14.6. The summed E-state index contributed by atoms with van der Waals surface area (Å²) in [4.78, 5) is 23.9. The number of carbonyl (C=O) groups is 2. The van der Waals surface area contributed by atoms with E-state index in [1.54, 1.807) is 0 Å². The van der Waals surface area contributed by atoms with Crippen LogP contribution in [0, 0.1) is 23.0 Å². The maximum atomic E-state index is 13.1. The summed E-state index contributed by atoms with van der Waals surface area (Å²) in [7, 11) is 1.34. The Balaban J connectivity index is 3.18. The van der Waals surface area contributed by atoms with E-state index in [0.717, 1.165) is 4.90 Å². The third-order valence-electron chi connectivity index (χ3n) is 2.43. The quantitative estimate of drug-likeness (QED) is 0.900. The van der Waals surface area contributed by atoms with Crippen molar-refractivity contribution in [2.45, 2.75) is 6.42 Å². The van der Waals surface area contributed by atoms with Gasteiger partial charge in [-0.3, -0.25) is 4.79 Å². The molecule has 0 heterocycles. The summed E-state index contributed by atoms with van der Waals surface area (Å²) in [6.45, 7) is 0.0629. The Morgan fingerprint density at radius 3 is 2.32 bits per heavy atom. The van der Waals surface area contributed by atoms with Gasteiger partial charge in [0, 0.05) is 13.6 Å². The van der Waals surface area contributed by atoms with Crippen molar-refractivity contribution in [3.05, 3.63) is 34.9 Å². The first-order chi connectivity index (χ1) is 8.88. The van der Waals surface area contributed by atoms with Gasteiger partial charge in [-0.15, -0.1) is 0 Å². The normalized spacial score (nSPS) is 9.79. The van der Waals surface area contributed by atoms with Crippen molar-refractivity contribution in [3.63, 3.8) is 0 Å². The maximum absolute atomic E-state index is 13.1. The van der Waals surface area contributed by atoms with Crippen LogP contribution in [0.25, 0.3) is 0 Å². The highest BCUT2D eigenvalue weighted by Gasteiger charge is 2.22. The Morgan fingerprint density at radius 2 is 1.84 bits per heavy atom. The van der Waals surface area contributed by atoms with Crippen LogP contribution in [0.15, 0.2) is 12.1 Å². The van der Waals surface area contributed by atoms with Crippen molar-refractivity contribution in [3.8, 4) is 6.07 Å². The summed E-state index contributed by atoms with van der Waals surface area (Å²) in [5, 5.41) is 17.3. The van der Waals surface area contributed by atoms with E-state index in [2.05, 4.69) is 0 Å². The number of nitrogens with zero attached hydrogens (tertiary/aromatic N) is 2. The fourth-order valence-corrected chi connectivity index (χ4v) is 1.43. The number of aromatic carboxylic acids is 1. The van der Waals surface area contributed by atoms with E-state index >= 15 is 0 Å². The van der Waals surface area contributed by atoms with Crippen LogP contribution in [0.1, 0.15) is 27.1 Å². The first kappa shape index (κ1) is 14.6. The van der Waals surface area contributed by atoms with E-state index in [0.29, 0.717) is 12.1 Å². The number of carboxylic acids is 1. The number of hydrogen-bond acceptors (Lipinski definition) is 3. The Hall–Kier alpha value is -2.49. The van der Waals surface area contributed by atoms with Crippen LogP contribution >= 0.6 is 0 Å². The highest BCUT2D eigenvalue weighted by molar-refractivity contribution is 6.04. The molecule has 0 bridgehead atoms. The summed E-state index contributed by atoms with van der Waals surface area (Å²) in [5.41, 5.74) is -1.07. The molecule has 0 saturated carbocycles. The number of benzene rings is 1. The second kappa shape index (κ2) is 5.91. The molecule has 0 aromatic heterocycles. The van der Waals surface area contributed by atoms with Crippen molar-refractivity contribution >= 4 is 11.9 Å². The van der Waals surface area contributed by atoms with Crippen LogP contribution in [-0.2, 0) is 0 Å². The summed E-state index contributed by atoms with van der Waals surface area (Å²) in [6.07, 6.45) is 0.0499. The third kappa shape index (κ3) is 3.25. The van der Waals surface area contributed by atoms with Gasteiger partial charge in [0.05, 0.1) is 23.6 Å². The number of amides is 1. The fraction of sp³-hybridized carbons (Fsp3) is 0.250. The first-order valence-corrected chi connectivity index (χ1v) is 5.23. The SMILES string of the molecule is CN(CCC#N)C(=O)c1cc(F)c(F)cc1C(=O)O. The average molecular weight is 268 g/mol. The zero-order valence-corrected chi connectivity index (χ0v) is 9.98. The van der Waals surface area contributed by atoms with Gasteiger partial charge in [0.1, 0.15) is 0 Å². The minimum Gasteiger partial charge on any atom is -0.478 e. The molecule has 0 unspecified atom stereocenters. The first-order valence-electron chi connectivity index (χ1n) is 5.23. The number of carboxylic acid groups (broad SMARTS) is 1. The van der Waals surface area contributed by atoms with Crippen molar-refractivity contribution in [2.75, 3.05) is 13.6 Å². The second-order valence-corrected chi connectivity index (χ2v) is 3.75. The summed E-state index contributed by atoms with van der Waals surface area (Å²) in [5.74, 6) is -4.96. The van der Waals surface area contributed by atoms with Crippen LogP contribution in [-0.4, -0.2) is 35.5 Å². The van der Waals surface area contributed by atoms with Gasteiger partial charge in [0.25, 0.3) is 5.91 Å². The molecule has 1 N–H and O–H groups in total. The topological polar surface area (TPSA) is 81.4 Å². The minimum absolute atomic E-state index is 0.0499. The molecule has 5 nitrogen and oxygen atoms in total. The second-order valence-electron chi connectivity index (χ2n) is 3.75. The molecule has 7 heteroatoms. The fourth-order valence-electron chi connectivity index (χ4n) is 1.43. The number of rotatable bonds is 4. The Labute approximate surface area is 107 Å². The Kier molecular flexibility index (Phi) is 4.53. The van der Waals surface area contributed by atoms with E-state index < -0.39 is 34.6 Å². The zero-order valence-electron chi connectivity index (χ0n) is 9.98. The highest BCUT2D eigenvalue weighted by Crippen LogP contribution is 2.17. The monoisotopic (exact) mass is 268 g/mol. The van der Waals surface area contributed by atoms with E-state index in [1.807, 2.05) is 6.07 Å². The number of hydrogen-bond donors (Lipinski definition) is 1. The van der Waals surface area contributed by atoms with Gasteiger partial charge in [0.15, 0.2) is 11.6 Å². The van der Waals surface area contributed by atoms with E-state index in [1.165, 1.54) is 7.05 Å². The van der Waals surface area contributed by atoms with Crippen LogP contribution in [0.2, 0.25) is 0 Å².